The average Bonchev–Trinajstić information content (AvgIpc) is 2.47. The molecule has 0 spiro atoms. The lowest BCUT2D eigenvalue weighted by Crippen LogP contribution is -2.01. The number of aryl methyl sites for hydroxylation is 1. The van der Waals surface area contributed by atoms with Crippen molar-refractivity contribution in [3.05, 3.63) is 66.1 Å². The van der Waals surface area contributed by atoms with Gasteiger partial charge in [-0.3, -0.25) is 9.97 Å². The molecule has 3 heteroatoms. The van der Waals surface area contributed by atoms with Gasteiger partial charge in [0.25, 0.3) is 0 Å². The molecular weight excluding hydrogens is 234 g/mol. The van der Waals surface area contributed by atoms with Crippen LogP contribution in [-0.4, -0.2) is 9.97 Å². The van der Waals surface area contributed by atoms with Gasteiger partial charge in [0.05, 0.1) is 17.4 Å². The molecule has 0 aliphatic rings. The molecule has 1 N–H and O–H groups in total. The number of fused-ring (bicyclic) bond motifs is 1. The van der Waals surface area contributed by atoms with E-state index in [9.17, 15) is 0 Å². The minimum atomic E-state index is 0.772. The molecule has 0 fully saturated rings. The van der Waals surface area contributed by atoms with E-state index in [-0.39, 0.29) is 0 Å². The van der Waals surface area contributed by atoms with E-state index >= 15 is 0 Å². The Morgan fingerprint density at radius 1 is 1.00 bits per heavy atom. The Labute approximate surface area is 112 Å². The lowest BCUT2D eigenvalue weighted by molar-refractivity contribution is 1.13. The molecule has 0 amide bonds. The summed E-state index contributed by atoms with van der Waals surface area (Å²) in [5, 5.41) is 4.58. The van der Waals surface area contributed by atoms with Crippen molar-refractivity contribution >= 4 is 16.6 Å². The van der Waals surface area contributed by atoms with Crippen LogP contribution in [0.4, 0.5) is 5.69 Å². The highest BCUT2D eigenvalue weighted by Gasteiger charge is 2.01. The molecule has 3 rings (SSSR count). The van der Waals surface area contributed by atoms with Crippen LogP contribution in [0.2, 0.25) is 0 Å². The van der Waals surface area contributed by atoms with Crippen LogP contribution in [-0.2, 0) is 6.54 Å². The van der Waals surface area contributed by atoms with E-state index in [1.165, 1.54) is 10.9 Å². The highest BCUT2D eigenvalue weighted by Crippen LogP contribution is 2.17. The van der Waals surface area contributed by atoms with Gasteiger partial charge in [-0.05, 0) is 36.8 Å². The van der Waals surface area contributed by atoms with Crippen molar-refractivity contribution in [1.29, 1.82) is 0 Å². The number of rotatable bonds is 3. The first-order valence-electron chi connectivity index (χ1n) is 6.32. The maximum absolute atomic E-state index is 4.37. The number of hydrogen-bond donors (Lipinski definition) is 1. The smallest absolute Gasteiger partial charge is 0.0705 e. The van der Waals surface area contributed by atoms with Crippen LogP contribution in [0.15, 0.2) is 54.9 Å². The summed E-state index contributed by atoms with van der Waals surface area (Å²) < 4.78 is 0. The zero-order chi connectivity index (χ0) is 13.1. The Balaban J connectivity index is 1.84. The van der Waals surface area contributed by atoms with Crippen molar-refractivity contribution < 1.29 is 0 Å². The summed E-state index contributed by atoms with van der Waals surface area (Å²) in [6.07, 6.45) is 3.71. The summed E-state index contributed by atoms with van der Waals surface area (Å²) in [6, 6.07) is 14.3. The van der Waals surface area contributed by atoms with E-state index in [1.807, 2.05) is 49.6 Å². The summed E-state index contributed by atoms with van der Waals surface area (Å²) in [5.41, 5.74) is 4.33. The summed E-state index contributed by atoms with van der Waals surface area (Å²) in [5.74, 6) is 0. The number of hydrogen-bond acceptors (Lipinski definition) is 3. The molecule has 0 aliphatic carbocycles. The number of anilines is 1. The number of benzene rings is 1. The molecule has 0 saturated carbocycles. The van der Waals surface area contributed by atoms with Gasteiger partial charge in [-0.15, -0.1) is 0 Å². The van der Waals surface area contributed by atoms with E-state index < -0.39 is 0 Å². The molecule has 2 aromatic heterocycles. The highest BCUT2D eigenvalue weighted by atomic mass is 14.9. The zero-order valence-electron chi connectivity index (χ0n) is 10.8. The minimum Gasteiger partial charge on any atom is -0.380 e. The monoisotopic (exact) mass is 249 g/mol. The van der Waals surface area contributed by atoms with Gasteiger partial charge in [0, 0.05) is 23.8 Å². The number of nitrogens with one attached hydrogen (secondary N) is 1. The van der Waals surface area contributed by atoms with Crippen LogP contribution in [0.5, 0.6) is 0 Å². The molecule has 19 heavy (non-hydrogen) atoms. The van der Waals surface area contributed by atoms with Crippen molar-refractivity contribution in [3.63, 3.8) is 0 Å². The molecule has 3 nitrogen and oxygen atoms in total. The first-order chi connectivity index (χ1) is 9.33. The van der Waals surface area contributed by atoms with Crippen LogP contribution < -0.4 is 5.32 Å². The minimum absolute atomic E-state index is 0.772. The maximum Gasteiger partial charge on any atom is 0.0705 e. The summed E-state index contributed by atoms with van der Waals surface area (Å²) in [4.78, 5) is 8.65. The van der Waals surface area contributed by atoms with E-state index in [0.29, 0.717) is 0 Å². The first kappa shape index (κ1) is 11.7. The largest absolute Gasteiger partial charge is 0.380 e. The van der Waals surface area contributed by atoms with Crippen LogP contribution in [0, 0.1) is 6.92 Å². The van der Waals surface area contributed by atoms with Crippen LogP contribution in [0.25, 0.3) is 10.9 Å². The van der Waals surface area contributed by atoms with Gasteiger partial charge in [-0.25, -0.2) is 0 Å². The second-order valence-corrected chi connectivity index (χ2v) is 4.53. The average molecular weight is 249 g/mol. The summed E-state index contributed by atoms with van der Waals surface area (Å²) >= 11 is 0. The van der Waals surface area contributed by atoms with Gasteiger partial charge in [0.2, 0.25) is 0 Å². The highest BCUT2D eigenvalue weighted by molar-refractivity contribution is 5.82. The van der Waals surface area contributed by atoms with Crippen LogP contribution >= 0.6 is 0 Å². The Kier molecular flexibility index (Phi) is 3.11. The predicted octanol–water partition coefficient (Wildman–Crippen LogP) is 3.55. The first-order valence-corrected chi connectivity index (χ1v) is 6.32. The fourth-order valence-electron chi connectivity index (χ4n) is 2.08. The molecule has 0 saturated heterocycles. The third-order valence-corrected chi connectivity index (χ3v) is 3.13. The van der Waals surface area contributed by atoms with Crippen molar-refractivity contribution in [2.75, 3.05) is 5.32 Å². The number of pyridine rings is 2. The summed E-state index contributed by atoms with van der Waals surface area (Å²) in [7, 11) is 0. The molecule has 0 bridgehead atoms. The second kappa shape index (κ2) is 5.06. The second-order valence-electron chi connectivity index (χ2n) is 4.53. The zero-order valence-corrected chi connectivity index (χ0v) is 10.8. The van der Waals surface area contributed by atoms with Gasteiger partial charge in [-0.1, -0.05) is 18.2 Å². The third kappa shape index (κ3) is 2.55. The molecule has 1 aromatic carbocycles. The third-order valence-electron chi connectivity index (χ3n) is 3.13. The van der Waals surface area contributed by atoms with Crippen molar-refractivity contribution in [1.82, 2.24) is 9.97 Å². The van der Waals surface area contributed by atoms with Crippen molar-refractivity contribution in [2.45, 2.75) is 13.5 Å². The van der Waals surface area contributed by atoms with E-state index in [2.05, 4.69) is 27.4 Å². The predicted molar refractivity (Wildman–Crippen MR) is 78.0 cm³/mol. The lowest BCUT2D eigenvalue weighted by atomic mass is 10.1. The van der Waals surface area contributed by atoms with Gasteiger partial charge in [0.15, 0.2) is 0 Å². The number of para-hydroxylation sites is 1. The maximum atomic E-state index is 4.37. The molecular formula is C16H15N3. The van der Waals surface area contributed by atoms with E-state index in [0.717, 1.165) is 23.4 Å². The SMILES string of the molecule is Cc1ccc(NCc2ccnc3ccccc23)cn1. The van der Waals surface area contributed by atoms with Gasteiger partial charge in [-0.2, -0.15) is 0 Å². The topological polar surface area (TPSA) is 37.8 Å². The van der Waals surface area contributed by atoms with Crippen LogP contribution in [0.1, 0.15) is 11.3 Å². The molecule has 0 radical (unpaired) electrons. The van der Waals surface area contributed by atoms with Gasteiger partial charge in [0.1, 0.15) is 0 Å². The summed E-state index contributed by atoms with van der Waals surface area (Å²) in [6.45, 7) is 2.76. The lowest BCUT2D eigenvalue weighted by Gasteiger charge is -2.08. The molecule has 0 atom stereocenters. The number of aromatic nitrogens is 2. The van der Waals surface area contributed by atoms with E-state index in [4.69, 9.17) is 0 Å². The quantitative estimate of drug-likeness (QED) is 0.771. The Hall–Kier alpha value is -2.42. The standard InChI is InChI=1S/C16H15N3/c1-12-6-7-14(11-18-12)19-10-13-8-9-17-16-5-3-2-4-15(13)16/h2-9,11,19H,10H2,1H3. The molecule has 0 aliphatic heterocycles. The molecule has 2 heterocycles. The molecule has 94 valence electrons. The van der Waals surface area contributed by atoms with Crippen LogP contribution in [0.3, 0.4) is 0 Å². The molecule has 3 aromatic rings. The van der Waals surface area contributed by atoms with Gasteiger partial charge < -0.3 is 5.32 Å². The Bertz CT molecular complexity index is 684. The van der Waals surface area contributed by atoms with Gasteiger partial charge >= 0.3 is 0 Å². The van der Waals surface area contributed by atoms with Crippen molar-refractivity contribution in [3.8, 4) is 0 Å². The number of nitrogens with zero attached hydrogens (tertiary/aromatic N) is 2. The van der Waals surface area contributed by atoms with E-state index in [1.54, 1.807) is 0 Å². The van der Waals surface area contributed by atoms with Crippen molar-refractivity contribution in [2.24, 2.45) is 0 Å². The fraction of sp³-hybridized carbons (Fsp3) is 0.125. The molecule has 0 unspecified atom stereocenters. The normalized spacial score (nSPS) is 10.6. The Morgan fingerprint density at radius 3 is 2.74 bits per heavy atom. The Morgan fingerprint density at radius 2 is 1.89 bits per heavy atom. The fourth-order valence-corrected chi connectivity index (χ4v) is 2.08.